The molecule has 2 heterocycles. The number of hydrogen-bond donors (Lipinski definition) is 1. The summed E-state index contributed by atoms with van der Waals surface area (Å²) in [7, 11) is 2.02. The fourth-order valence-electron chi connectivity index (χ4n) is 4.72. The van der Waals surface area contributed by atoms with Crippen LogP contribution in [0.15, 0.2) is 42.5 Å². The van der Waals surface area contributed by atoms with Crippen molar-refractivity contribution in [1.82, 2.24) is 4.90 Å². The molecule has 2 aromatic carbocycles. The van der Waals surface area contributed by atoms with Crippen molar-refractivity contribution < 1.29 is 9.90 Å². The van der Waals surface area contributed by atoms with Crippen molar-refractivity contribution in [2.75, 3.05) is 25.1 Å². The van der Waals surface area contributed by atoms with Crippen LogP contribution in [0.1, 0.15) is 30.5 Å². The normalized spacial score (nSPS) is 23.6. The molecule has 1 saturated heterocycles. The van der Waals surface area contributed by atoms with Gasteiger partial charge in [0.2, 0.25) is 5.91 Å². The standard InChI is InChI=1S/C22H23N3O2/c1-14(27)25-10-9-18-21(13-26)24(2)20-8-7-17(11-19(20)22(18)25)16-5-3-15(12-23)4-6-16/h3-8,11,18,21-22,26H,9-10,13H2,1-2H3/t18-,21-,22-/m0/s1. The van der Waals surface area contributed by atoms with Crippen LogP contribution in [0.3, 0.4) is 0 Å². The second-order valence-electron chi connectivity index (χ2n) is 7.43. The molecule has 27 heavy (non-hydrogen) atoms. The van der Waals surface area contributed by atoms with E-state index >= 15 is 0 Å². The molecule has 5 heteroatoms. The number of aliphatic hydroxyl groups is 1. The molecule has 0 saturated carbocycles. The first kappa shape index (κ1) is 17.6. The van der Waals surface area contributed by atoms with Gasteiger partial charge in [-0.15, -0.1) is 0 Å². The number of nitrogens with zero attached hydrogens (tertiary/aromatic N) is 3. The molecule has 0 aromatic heterocycles. The molecule has 2 aliphatic rings. The first-order valence-corrected chi connectivity index (χ1v) is 9.30. The van der Waals surface area contributed by atoms with E-state index < -0.39 is 0 Å². The number of fused-ring (bicyclic) bond motifs is 3. The number of anilines is 1. The van der Waals surface area contributed by atoms with E-state index in [9.17, 15) is 9.90 Å². The second kappa shape index (κ2) is 6.71. The number of benzene rings is 2. The predicted molar refractivity (Wildman–Crippen MR) is 104 cm³/mol. The fraction of sp³-hybridized carbons (Fsp3) is 0.364. The number of aliphatic hydroxyl groups excluding tert-OH is 1. The topological polar surface area (TPSA) is 67.6 Å². The van der Waals surface area contributed by atoms with E-state index in [1.54, 1.807) is 6.92 Å². The minimum absolute atomic E-state index is 0.00387. The zero-order valence-electron chi connectivity index (χ0n) is 15.6. The average Bonchev–Trinajstić information content (AvgIpc) is 3.13. The monoisotopic (exact) mass is 361 g/mol. The van der Waals surface area contributed by atoms with Gasteiger partial charge in [0.25, 0.3) is 0 Å². The van der Waals surface area contributed by atoms with Crippen LogP contribution < -0.4 is 4.90 Å². The van der Waals surface area contributed by atoms with Gasteiger partial charge in [0.05, 0.1) is 30.3 Å². The lowest BCUT2D eigenvalue weighted by molar-refractivity contribution is -0.130. The maximum atomic E-state index is 12.2. The van der Waals surface area contributed by atoms with Crippen molar-refractivity contribution in [3.63, 3.8) is 0 Å². The van der Waals surface area contributed by atoms with Crippen LogP contribution in [0.5, 0.6) is 0 Å². The van der Waals surface area contributed by atoms with E-state index in [1.807, 2.05) is 36.2 Å². The Kier molecular flexibility index (Phi) is 4.37. The number of carbonyl (C=O) groups excluding carboxylic acids is 1. The maximum Gasteiger partial charge on any atom is 0.219 e. The van der Waals surface area contributed by atoms with Gasteiger partial charge in [-0.1, -0.05) is 18.2 Å². The Hall–Kier alpha value is -2.84. The average molecular weight is 361 g/mol. The fourth-order valence-corrected chi connectivity index (χ4v) is 4.72. The van der Waals surface area contributed by atoms with Gasteiger partial charge in [0.15, 0.2) is 0 Å². The molecule has 0 aliphatic carbocycles. The Labute approximate surface area is 159 Å². The molecular weight excluding hydrogens is 338 g/mol. The number of likely N-dealkylation sites (tertiary alicyclic amines) is 1. The molecule has 4 rings (SSSR count). The van der Waals surface area contributed by atoms with Gasteiger partial charge in [-0.2, -0.15) is 5.26 Å². The quantitative estimate of drug-likeness (QED) is 0.893. The summed E-state index contributed by atoms with van der Waals surface area (Å²) in [5, 5.41) is 19.0. The zero-order chi connectivity index (χ0) is 19.1. The summed E-state index contributed by atoms with van der Waals surface area (Å²) < 4.78 is 0. The van der Waals surface area contributed by atoms with Crippen LogP contribution in [0.4, 0.5) is 5.69 Å². The van der Waals surface area contributed by atoms with E-state index in [0.717, 1.165) is 35.3 Å². The van der Waals surface area contributed by atoms with Gasteiger partial charge >= 0.3 is 0 Å². The largest absolute Gasteiger partial charge is 0.394 e. The lowest BCUT2D eigenvalue weighted by atomic mass is 9.81. The van der Waals surface area contributed by atoms with Gasteiger partial charge in [-0.3, -0.25) is 4.79 Å². The van der Waals surface area contributed by atoms with Crippen LogP contribution >= 0.6 is 0 Å². The Balaban J connectivity index is 1.82. The minimum atomic E-state index is 0.00387. The molecule has 0 bridgehead atoms. The van der Waals surface area contributed by atoms with Crippen molar-refractivity contribution in [2.24, 2.45) is 5.92 Å². The summed E-state index contributed by atoms with van der Waals surface area (Å²) >= 11 is 0. The van der Waals surface area contributed by atoms with Crippen LogP contribution in [0.2, 0.25) is 0 Å². The van der Waals surface area contributed by atoms with Gasteiger partial charge in [0, 0.05) is 32.1 Å². The summed E-state index contributed by atoms with van der Waals surface area (Å²) in [5.41, 5.74) is 4.97. The molecule has 3 atom stereocenters. The Morgan fingerprint density at radius 3 is 2.56 bits per heavy atom. The molecule has 0 radical (unpaired) electrons. The van der Waals surface area contributed by atoms with E-state index in [4.69, 9.17) is 5.26 Å². The highest BCUT2D eigenvalue weighted by Gasteiger charge is 2.46. The number of nitriles is 1. The number of amides is 1. The van der Waals surface area contributed by atoms with E-state index in [2.05, 4.69) is 29.2 Å². The van der Waals surface area contributed by atoms with E-state index in [-0.39, 0.29) is 30.5 Å². The number of hydrogen-bond acceptors (Lipinski definition) is 4. The Bertz CT molecular complexity index is 916. The minimum Gasteiger partial charge on any atom is -0.394 e. The van der Waals surface area contributed by atoms with E-state index in [1.165, 1.54) is 0 Å². The summed E-state index contributed by atoms with van der Waals surface area (Å²) in [5.74, 6) is 0.311. The predicted octanol–water partition coefficient (Wildman–Crippen LogP) is 2.95. The maximum absolute atomic E-state index is 12.2. The molecule has 0 unspecified atom stereocenters. The van der Waals surface area contributed by atoms with Crippen molar-refractivity contribution >= 4 is 11.6 Å². The van der Waals surface area contributed by atoms with Crippen LogP contribution in [-0.2, 0) is 4.79 Å². The first-order chi connectivity index (χ1) is 13.0. The molecule has 138 valence electrons. The summed E-state index contributed by atoms with van der Waals surface area (Å²) in [4.78, 5) is 16.3. The first-order valence-electron chi connectivity index (χ1n) is 9.30. The summed E-state index contributed by atoms with van der Waals surface area (Å²) in [6.07, 6.45) is 0.903. The second-order valence-corrected chi connectivity index (χ2v) is 7.43. The third-order valence-corrected chi connectivity index (χ3v) is 6.10. The van der Waals surface area contributed by atoms with Crippen molar-refractivity contribution in [3.8, 4) is 17.2 Å². The molecule has 2 aromatic rings. The Morgan fingerprint density at radius 1 is 1.22 bits per heavy atom. The van der Waals surface area contributed by atoms with Crippen molar-refractivity contribution in [2.45, 2.75) is 25.4 Å². The molecule has 1 N–H and O–H groups in total. The SMILES string of the molecule is CC(=O)N1CC[C@@H]2[C@H]1c1cc(-c3ccc(C#N)cc3)ccc1N(C)[C@H]2CO. The molecule has 0 spiro atoms. The highest BCUT2D eigenvalue weighted by atomic mass is 16.3. The zero-order valence-corrected chi connectivity index (χ0v) is 15.6. The number of rotatable bonds is 2. The lowest BCUT2D eigenvalue weighted by Crippen LogP contribution is -2.48. The van der Waals surface area contributed by atoms with Crippen molar-refractivity contribution in [1.29, 1.82) is 5.26 Å². The van der Waals surface area contributed by atoms with Crippen molar-refractivity contribution in [3.05, 3.63) is 53.6 Å². The molecule has 1 fully saturated rings. The third-order valence-electron chi connectivity index (χ3n) is 6.10. The lowest BCUT2D eigenvalue weighted by Gasteiger charge is -2.44. The van der Waals surface area contributed by atoms with Gasteiger partial charge < -0.3 is 14.9 Å². The highest BCUT2D eigenvalue weighted by molar-refractivity contribution is 5.77. The smallest absolute Gasteiger partial charge is 0.219 e. The Morgan fingerprint density at radius 2 is 1.93 bits per heavy atom. The molecule has 1 amide bonds. The van der Waals surface area contributed by atoms with Crippen LogP contribution in [0, 0.1) is 17.2 Å². The highest BCUT2D eigenvalue weighted by Crippen LogP contribution is 2.49. The third kappa shape index (κ3) is 2.77. The van der Waals surface area contributed by atoms with Crippen LogP contribution in [-0.4, -0.2) is 42.2 Å². The molecule has 2 aliphatic heterocycles. The number of carbonyl (C=O) groups is 1. The number of likely N-dealkylation sites (N-methyl/N-ethyl adjacent to an activating group) is 1. The van der Waals surface area contributed by atoms with Gasteiger partial charge in [-0.25, -0.2) is 0 Å². The van der Waals surface area contributed by atoms with Crippen LogP contribution in [0.25, 0.3) is 11.1 Å². The summed E-state index contributed by atoms with van der Waals surface area (Å²) in [6.45, 7) is 2.44. The molecular formula is C22H23N3O2. The molecule has 5 nitrogen and oxygen atoms in total. The van der Waals surface area contributed by atoms with Gasteiger partial charge in [0.1, 0.15) is 0 Å². The summed E-state index contributed by atoms with van der Waals surface area (Å²) in [6, 6.07) is 16.0. The van der Waals surface area contributed by atoms with Gasteiger partial charge in [-0.05, 0) is 47.4 Å². The van der Waals surface area contributed by atoms with E-state index in [0.29, 0.717) is 5.56 Å².